The fourth-order valence-electron chi connectivity index (χ4n) is 3.52. The highest BCUT2D eigenvalue weighted by molar-refractivity contribution is 9.10. The van der Waals surface area contributed by atoms with E-state index in [0.717, 1.165) is 31.9 Å². The molecule has 0 spiro atoms. The van der Waals surface area contributed by atoms with E-state index in [1.807, 2.05) is 31.3 Å². The first-order valence-electron chi connectivity index (χ1n) is 9.90. The van der Waals surface area contributed by atoms with Crippen LogP contribution in [0.3, 0.4) is 0 Å². The molecule has 2 aromatic heterocycles. The van der Waals surface area contributed by atoms with Crippen LogP contribution in [0.25, 0.3) is 16.6 Å². The highest BCUT2D eigenvalue weighted by Crippen LogP contribution is 2.21. The van der Waals surface area contributed by atoms with Gasteiger partial charge in [-0.15, -0.1) is 0 Å². The molecule has 31 heavy (non-hydrogen) atoms. The van der Waals surface area contributed by atoms with Crippen molar-refractivity contribution in [2.75, 3.05) is 0 Å². The Balaban J connectivity index is 1.67. The van der Waals surface area contributed by atoms with Gasteiger partial charge in [-0.1, -0.05) is 41.1 Å². The molecule has 1 unspecified atom stereocenters. The Labute approximate surface area is 186 Å². The van der Waals surface area contributed by atoms with E-state index in [1.165, 1.54) is 6.21 Å². The first-order valence-corrected chi connectivity index (χ1v) is 10.7. The lowest BCUT2D eigenvalue weighted by Crippen LogP contribution is -2.31. The maximum atomic E-state index is 12.4. The Bertz CT molecular complexity index is 1370. The average Bonchev–Trinajstić information content (AvgIpc) is 3.16. The van der Waals surface area contributed by atoms with E-state index in [9.17, 15) is 14.7 Å². The van der Waals surface area contributed by atoms with E-state index in [1.54, 1.807) is 24.3 Å². The Hall–Kier alpha value is -3.39. The van der Waals surface area contributed by atoms with Crippen LogP contribution in [0.4, 0.5) is 0 Å². The number of aromatic hydroxyl groups is 1. The molecule has 0 saturated carbocycles. The summed E-state index contributed by atoms with van der Waals surface area (Å²) < 4.78 is 1.88. The summed E-state index contributed by atoms with van der Waals surface area (Å²) >= 11 is 3.34. The zero-order valence-electron chi connectivity index (χ0n) is 16.8. The molecule has 0 fully saturated rings. The van der Waals surface area contributed by atoms with Crippen LogP contribution in [-0.2, 0) is 6.42 Å². The number of fused-ring (bicyclic) bond motifs is 1. The number of para-hydroxylation sites is 1. The molecule has 158 valence electrons. The topological polar surface area (TPSA) is 103 Å². The summed E-state index contributed by atoms with van der Waals surface area (Å²) in [6.07, 6.45) is 4.76. The number of hydrogen-bond acceptors (Lipinski definition) is 4. The Morgan fingerprint density at radius 3 is 2.65 bits per heavy atom. The molecule has 8 heteroatoms. The number of aromatic amines is 2. The van der Waals surface area contributed by atoms with Gasteiger partial charge in [0.2, 0.25) is 5.88 Å². The van der Waals surface area contributed by atoms with Crippen molar-refractivity contribution in [1.82, 2.24) is 14.5 Å². The molecule has 0 aliphatic carbocycles. The average molecular weight is 481 g/mol. The van der Waals surface area contributed by atoms with Crippen LogP contribution in [0.5, 0.6) is 5.88 Å². The molecular formula is C23H21BrN4O3. The van der Waals surface area contributed by atoms with Crippen LogP contribution < -0.4 is 11.2 Å². The third-order valence-electron chi connectivity index (χ3n) is 5.22. The summed E-state index contributed by atoms with van der Waals surface area (Å²) in [6.45, 7) is 2.02. The third kappa shape index (κ3) is 4.25. The molecule has 2 aromatic carbocycles. The Morgan fingerprint density at radius 2 is 1.90 bits per heavy atom. The summed E-state index contributed by atoms with van der Waals surface area (Å²) in [6, 6.07) is 14.8. The van der Waals surface area contributed by atoms with Gasteiger partial charge >= 0.3 is 5.69 Å². The molecule has 0 radical (unpaired) electrons. The van der Waals surface area contributed by atoms with Crippen LogP contribution in [0.1, 0.15) is 24.5 Å². The summed E-state index contributed by atoms with van der Waals surface area (Å²) in [7, 11) is 0. The number of nitrogens with zero attached hydrogens (tertiary/aromatic N) is 2. The van der Waals surface area contributed by atoms with E-state index in [2.05, 4.69) is 37.0 Å². The normalized spacial score (nSPS) is 12.6. The number of benzene rings is 2. The zero-order valence-corrected chi connectivity index (χ0v) is 18.4. The number of H-pyrrole nitrogens is 2. The van der Waals surface area contributed by atoms with Crippen molar-refractivity contribution in [2.45, 2.75) is 25.8 Å². The molecule has 1 atom stereocenters. The highest BCUT2D eigenvalue weighted by Gasteiger charge is 2.15. The maximum absolute atomic E-state index is 12.4. The second-order valence-electron chi connectivity index (χ2n) is 7.21. The van der Waals surface area contributed by atoms with Gasteiger partial charge in [-0.05, 0) is 48.7 Å². The van der Waals surface area contributed by atoms with E-state index in [4.69, 9.17) is 0 Å². The van der Waals surface area contributed by atoms with E-state index in [-0.39, 0.29) is 11.6 Å². The number of hydrogen-bond donors (Lipinski definition) is 3. The molecule has 0 amide bonds. The van der Waals surface area contributed by atoms with Gasteiger partial charge in [0.05, 0.1) is 11.7 Å². The minimum absolute atomic E-state index is 0.0557. The molecule has 2 heterocycles. The lowest BCUT2D eigenvalue weighted by Gasteiger charge is -2.11. The van der Waals surface area contributed by atoms with E-state index in [0.29, 0.717) is 12.1 Å². The summed E-state index contributed by atoms with van der Waals surface area (Å²) in [5.74, 6) is -0.443. The van der Waals surface area contributed by atoms with Gasteiger partial charge in [-0.25, -0.2) is 9.36 Å². The third-order valence-corrected chi connectivity index (χ3v) is 5.75. The van der Waals surface area contributed by atoms with Crippen molar-refractivity contribution in [2.24, 2.45) is 4.99 Å². The van der Waals surface area contributed by atoms with E-state index < -0.39 is 17.1 Å². The maximum Gasteiger partial charge on any atom is 0.335 e. The second-order valence-corrected chi connectivity index (χ2v) is 8.13. The second kappa shape index (κ2) is 8.77. The molecular weight excluding hydrogens is 460 g/mol. The number of aliphatic imine (C=N–C) groups is 1. The van der Waals surface area contributed by atoms with Gasteiger partial charge in [0.15, 0.2) is 0 Å². The molecule has 4 rings (SSSR count). The van der Waals surface area contributed by atoms with Crippen LogP contribution in [0.15, 0.2) is 73.8 Å². The van der Waals surface area contributed by atoms with Crippen molar-refractivity contribution in [3.63, 3.8) is 0 Å². The highest BCUT2D eigenvalue weighted by atomic mass is 79.9. The number of aromatic nitrogens is 3. The summed E-state index contributed by atoms with van der Waals surface area (Å²) in [4.78, 5) is 34.7. The van der Waals surface area contributed by atoms with Gasteiger partial charge < -0.3 is 10.1 Å². The fraction of sp³-hybridized carbons (Fsp3) is 0.174. The first kappa shape index (κ1) is 20.9. The largest absolute Gasteiger partial charge is 0.493 e. The van der Waals surface area contributed by atoms with Crippen molar-refractivity contribution < 1.29 is 5.11 Å². The van der Waals surface area contributed by atoms with Gasteiger partial charge in [-0.2, -0.15) is 0 Å². The molecule has 0 aliphatic rings. The molecule has 0 saturated heterocycles. The number of rotatable bonds is 6. The molecule has 7 nitrogen and oxygen atoms in total. The summed E-state index contributed by atoms with van der Waals surface area (Å²) in [5, 5.41) is 11.8. The standard InChI is InChI=1S/C23H21BrN4O3/c1-2-16(11-14-12-26-20-6-4-3-5-18(14)20)25-13-19-21(29)27-23(31)28(22(19)30)17-9-7-15(24)8-10-17/h3-10,12-13,16,26,30H,2,11H2,1H3,(H,27,29,31). The van der Waals surface area contributed by atoms with Crippen molar-refractivity contribution >= 4 is 33.0 Å². The van der Waals surface area contributed by atoms with Crippen LogP contribution in [0, 0.1) is 0 Å². The fourth-order valence-corrected chi connectivity index (χ4v) is 3.79. The number of halogens is 1. The monoisotopic (exact) mass is 480 g/mol. The van der Waals surface area contributed by atoms with Crippen LogP contribution >= 0.6 is 15.9 Å². The quantitative estimate of drug-likeness (QED) is 0.364. The Kier molecular flexibility index (Phi) is 5.90. The number of nitrogens with one attached hydrogen (secondary N) is 2. The zero-order chi connectivity index (χ0) is 22.0. The molecule has 0 aliphatic heterocycles. The van der Waals surface area contributed by atoms with Gasteiger partial charge in [0, 0.05) is 27.8 Å². The Morgan fingerprint density at radius 1 is 1.16 bits per heavy atom. The SMILES string of the molecule is CCC(Cc1c[nH]c2ccccc12)N=Cc1c(O)n(-c2ccc(Br)cc2)c(=O)[nH]c1=O. The molecule has 4 aromatic rings. The van der Waals surface area contributed by atoms with Gasteiger partial charge in [-0.3, -0.25) is 14.8 Å². The van der Waals surface area contributed by atoms with Crippen molar-refractivity contribution in [1.29, 1.82) is 0 Å². The lowest BCUT2D eigenvalue weighted by atomic mass is 10.0. The summed E-state index contributed by atoms with van der Waals surface area (Å²) in [5.41, 5.74) is 1.18. The van der Waals surface area contributed by atoms with Gasteiger partial charge in [0.25, 0.3) is 5.56 Å². The smallest absolute Gasteiger partial charge is 0.335 e. The lowest BCUT2D eigenvalue weighted by molar-refractivity contribution is 0.430. The van der Waals surface area contributed by atoms with Gasteiger partial charge in [0.1, 0.15) is 5.56 Å². The first-order chi connectivity index (χ1) is 15.0. The predicted molar refractivity (Wildman–Crippen MR) is 126 cm³/mol. The minimum Gasteiger partial charge on any atom is -0.493 e. The molecule has 0 bridgehead atoms. The van der Waals surface area contributed by atoms with Crippen molar-refractivity contribution in [3.8, 4) is 11.6 Å². The van der Waals surface area contributed by atoms with Crippen LogP contribution in [0.2, 0.25) is 0 Å². The van der Waals surface area contributed by atoms with Crippen LogP contribution in [-0.4, -0.2) is 31.9 Å². The predicted octanol–water partition coefficient (Wildman–Crippen LogP) is 3.92. The minimum atomic E-state index is -0.715. The van der Waals surface area contributed by atoms with Crippen molar-refractivity contribution in [3.05, 3.63) is 91.2 Å². The molecule has 3 N–H and O–H groups in total. The van der Waals surface area contributed by atoms with E-state index >= 15 is 0 Å².